The second-order valence-electron chi connectivity index (χ2n) is 6.67. The number of aryl methyl sites for hydroxylation is 2. The molecule has 0 spiro atoms. The third-order valence-electron chi connectivity index (χ3n) is 4.89. The normalized spacial score (nSPS) is 19.9. The van der Waals surface area contributed by atoms with Crippen LogP contribution in [0.4, 0.5) is 4.39 Å². The topological polar surface area (TPSA) is 12.0 Å². The molecule has 1 atom stereocenters. The van der Waals surface area contributed by atoms with Crippen LogP contribution in [0.25, 0.3) is 0 Å². The van der Waals surface area contributed by atoms with Gasteiger partial charge in [-0.3, -0.25) is 0 Å². The third-order valence-corrected chi connectivity index (χ3v) is 4.89. The molecule has 1 fully saturated rings. The summed E-state index contributed by atoms with van der Waals surface area (Å²) < 4.78 is 13.9. The molecule has 1 aromatic carbocycles. The summed E-state index contributed by atoms with van der Waals surface area (Å²) >= 11 is 0. The first-order valence-corrected chi connectivity index (χ1v) is 7.98. The predicted molar refractivity (Wildman–Crippen MR) is 83.5 cm³/mol. The summed E-state index contributed by atoms with van der Waals surface area (Å²) in [6.45, 7) is 9.25. The van der Waals surface area contributed by atoms with Crippen LogP contribution in [0.5, 0.6) is 0 Å². The zero-order valence-corrected chi connectivity index (χ0v) is 13.4. The van der Waals surface area contributed by atoms with Gasteiger partial charge in [-0.1, -0.05) is 45.2 Å². The van der Waals surface area contributed by atoms with Crippen LogP contribution in [0.2, 0.25) is 0 Å². The second-order valence-corrected chi connectivity index (χ2v) is 6.67. The van der Waals surface area contributed by atoms with Gasteiger partial charge in [-0.25, -0.2) is 4.39 Å². The average molecular weight is 277 g/mol. The average Bonchev–Trinajstić information content (AvgIpc) is 2.42. The van der Waals surface area contributed by atoms with Gasteiger partial charge in [-0.15, -0.1) is 0 Å². The third kappa shape index (κ3) is 3.06. The highest BCUT2D eigenvalue weighted by Crippen LogP contribution is 2.46. The monoisotopic (exact) mass is 277 g/mol. The number of nitrogens with one attached hydrogen (secondary N) is 1. The standard InChI is InChI=1S/C18H28FN/c1-5-20-17(18(4)9-7-6-8-10-18)15-11-13(2)16(19)14(3)12-15/h11-12,17,20H,5-10H2,1-4H3. The molecule has 0 aliphatic heterocycles. The van der Waals surface area contributed by atoms with Gasteiger partial charge in [-0.05, 0) is 55.3 Å². The summed E-state index contributed by atoms with van der Waals surface area (Å²) in [5.41, 5.74) is 3.09. The summed E-state index contributed by atoms with van der Waals surface area (Å²) in [6.07, 6.45) is 6.52. The molecule has 1 N–H and O–H groups in total. The highest BCUT2D eigenvalue weighted by atomic mass is 19.1. The quantitative estimate of drug-likeness (QED) is 0.810. The predicted octanol–water partition coefficient (Wildman–Crippen LogP) is 5.06. The molecular weight excluding hydrogens is 249 g/mol. The van der Waals surface area contributed by atoms with Crippen LogP contribution >= 0.6 is 0 Å². The number of benzene rings is 1. The first-order chi connectivity index (χ1) is 9.48. The van der Waals surface area contributed by atoms with E-state index in [1.807, 2.05) is 26.0 Å². The summed E-state index contributed by atoms with van der Waals surface area (Å²) in [4.78, 5) is 0. The van der Waals surface area contributed by atoms with Crippen LogP contribution in [0.1, 0.15) is 68.7 Å². The molecule has 20 heavy (non-hydrogen) atoms. The van der Waals surface area contributed by atoms with Gasteiger partial charge in [0.05, 0.1) is 0 Å². The van der Waals surface area contributed by atoms with Gasteiger partial charge in [-0.2, -0.15) is 0 Å². The van der Waals surface area contributed by atoms with E-state index >= 15 is 0 Å². The Morgan fingerprint density at radius 3 is 2.20 bits per heavy atom. The Morgan fingerprint density at radius 2 is 1.70 bits per heavy atom. The number of hydrogen-bond acceptors (Lipinski definition) is 1. The maximum absolute atomic E-state index is 13.9. The van der Waals surface area contributed by atoms with E-state index in [1.54, 1.807) is 0 Å². The highest BCUT2D eigenvalue weighted by molar-refractivity contribution is 5.33. The Kier molecular flexibility index (Phi) is 4.85. The zero-order valence-electron chi connectivity index (χ0n) is 13.4. The molecule has 1 aliphatic carbocycles. The van der Waals surface area contributed by atoms with Crippen molar-refractivity contribution in [2.75, 3.05) is 6.54 Å². The molecule has 112 valence electrons. The van der Waals surface area contributed by atoms with Crippen molar-refractivity contribution >= 4 is 0 Å². The lowest BCUT2D eigenvalue weighted by Crippen LogP contribution is -2.37. The van der Waals surface area contributed by atoms with E-state index in [-0.39, 0.29) is 5.82 Å². The smallest absolute Gasteiger partial charge is 0.129 e. The fraction of sp³-hybridized carbons (Fsp3) is 0.667. The lowest BCUT2D eigenvalue weighted by atomic mass is 9.68. The van der Waals surface area contributed by atoms with E-state index in [4.69, 9.17) is 0 Å². The van der Waals surface area contributed by atoms with Crippen molar-refractivity contribution in [1.82, 2.24) is 5.32 Å². The molecule has 1 aromatic rings. The van der Waals surface area contributed by atoms with Gasteiger partial charge in [0, 0.05) is 6.04 Å². The van der Waals surface area contributed by atoms with Crippen molar-refractivity contribution in [2.45, 2.75) is 65.8 Å². The van der Waals surface area contributed by atoms with E-state index in [9.17, 15) is 4.39 Å². The molecule has 1 unspecified atom stereocenters. The fourth-order valence-electron chi connectivity index (χ4n) is 3.76. The molecule has 0 aromatic heterocycles. The van der Waals surface area contributed by atoms with E-state index in [0.29, 0.717) is 11.5 Å². The number of rotatable bonds is 4. The first-order valence-electron chi connectivity index (χ1n) is 7.98. The van der Waals surface area contributed by atoms with Crippen molar-refractivity contribution in [3.8, 4) is 0 Å². The summed E-state index contributed by atoms with van der Waals surface area (Å²) in [5, 5.41) is 3.66. The minimum absolute atomic E-state index is 0.0576. The molecule has 2 rings (SSSR count). The molecule has 0 saturated heterocycles. The van der Waals surface area contributed by atoms with Crippen molar-refractivity contribution in [2.24, 2.45) is 5.41 Å². The van der Waals surface area contributed by atoms with Gasteiger partial charge < -0.3 is 5.32 Å². The molecule has 2 heteroatoms. The van der Waals surface area contributed by atoms with Crippen LogP contribution < -0.4 is 5.32 Å². The lowest BCUT2D eigenvalue weighted by molar-refractivity contribution is 0.146. The molecule has 1 nitrogen and oxygen atoms in total. The number of halogens is 1. The molecule has 0 heterocycles. The van der Waals surface area contributed by atoms with E-state index in [2.05, 4.69) is 19.2 Å². The lowest BCUT2D eigenvalue weighted by Gasteiger charge is -2.42. The fourth-order valence-corrected chi connectivity index (χ4v) is 3.76. The highest BCUT2D eigenvalue weighted by Gasteiger charge is 2.36. The van der Waals surface area contributed by atoms with Crippen molar-refractivity contribution in [1.29, 1.82) is 0 Å². The van der Waals surface area contributed by atoms with Gasteiger partial charge in [0.1, 0.15) is 5.82 Å². The van der Waals surface area contributed by atoms with Crippen molar-refractivity contribution < 1.29 is 4.39 Å². The number of hydrogen-bond donors (Lipinski definition) is 1. The van der Waals surface area contributed by atoms with Crippen LogP contribution in [-0.4, -0.2) is 6.54 Å². The Bertz CT molecular complexity index is 437. The zero-order chi connectivity index (χ0) is 14.8. The van der Waals surface area contributed by atoms with E-state index in [0.717, 1.165) is 17.7 Å². The molecular formula is C18H28FN. The van der Waals surface area contributed by atoms with Crippen molar-refractivity contribution in [3.63, 3.8) is 0 Å². The molecule has 0 radical (unpaired) electrons. The Hall–Kier alpha value is -0.890. The maximum Gasteiger partial charge on any atom is 0.129 e. The SMILES string of the molecule is CCNC(c1cc(C)c(F)c(C)c1)C1(C)CCCCC1. The summed E-state index contributed by atoms with van der Waals surface area (Å²) in [5.74, 6) is -0.0576. The summed E-state index contributed by atoms with van der Waals surface area (Å²) in [7, 11) is 0. The van der Waals surface area contributed by atoms with Gasteiger partial charge in [0.25, 0.3) is 0 Å². The van der Waals surface area contributed by atoms with Crippen LogP contribution in [-0.2, 0) is 0 Å². The van der Waals surface area contributed by atoms with E-state index < -0.39 is 0 Å². The van der Waals surface area contributed by atoms with Crippen LogP contribution in [0, 0.1) is 25.1 Å². The Labute approximate surface area is 123 Å². The minimum Gasteiger partial charge on any atom is -0.310 e. The van der Waals surface area contributed by atoms with Crippen LogP contribution in [0.15, 0.2) is 12.1 Å². The Balaban J connectivity index is 2.37. The van der Waals surface area contributed by atoms with Gasteiger partial charge >= 0.3 is 0 Å². The largest absolute Gasteiger partial charge is 0.310 e. The van der Waals surface area contributed by atoms with Crippen molar-refractivity contribution in [3.05, 3.63) is 34.6 Å². The van der Waals surface area contributed by atoms with Gasteiger partial charge in [0.15, 0.2) is 0 Å². The first kappa shape index (κ1) is 15.5. The van der Waals surface area contributed by atoms with Gasteiger partial charge in [0.2, 0.25) is 0 Å². The van der Waals surface area contributed by atoms with Crippen LogP contribution in [0.3, 0.4) is 0 Å². The molecule has 1 saturated carbocycles. The summed E-state index contributed by atoms with van der Waals surface area (Å²) in [6, 6.07) is 4.41. The second kappa shape index (κ2) is 6.26. The molecule has 0 bridgehead atoms. The minimum atomic E-state index is -0.0576. The maximum atomic E-state index is 13.9. The molecule has 1 aliphatic rings. The molecule has 0 amide bonds. The van der Waals surface area contributed by atoms with E-state index in [1.165, 1.54) is 37.7 Å². The Morgan fingerprint density at radius 1 is 1.15 bits per heavy atom.